The summed E-state index contributed by atoms with van der Waals surface area (Å²) >= 11 is 0. The lowest BCUT2D eigenvalue weighted by atomic mass is 10.1. The number of aliphatic carboxylic acids is 1. The molecule has 0 amide bonds. The van der Waals surface area contributed by atoms with E-state index in [9.17, 15) is 13.6 Å². The molecule has 2 aromatic carbocycles. The highest BCUT2D eigenvalue weighted by Crippen LogP contribution is 2.20. The van der Waals surface area contributed by atoms with Gasteiger partial charge in [-0.15, -0.1) is 0 Å². The van der Waals surface area contributed by atoms with Crippen molar-refractivity contribution in [3.05, 3.63) is 70.3 Å². The van der Waals surface area contributed by atoms with Crippen molar-refractivity contribution in [3.63, 3.8) is 0 Å². The van der Waals surface area contributed by atoms with Crippen molar-refractivity contribution in [2.24, 2.45) is 0 Å². The van der Waals surface area contributed by atoms with Gasteiger partial charge >= 0.3 is 5.97 Å². The first-order valence-electron chi connectivity index (χ1n) is 9.36. The van der Waals surface area contributed by atoms with E-state index in [1.165, 1.54) is 17.7 Å². The normalized spacial score (nSPS) is 11.1. The molecule has 0 aliphatic rings. The van der Waals surface area contributed by atoms with Crippen molar-refractivity contribution in [2.75, 3.05) is 6.54 Å². The van der Waals surface area contributed by atoms with Crippen LogP contribution in [-0.4, -0.2) is 22.5 Å². The Hall–Kier alpha value is -2.27. The van der Waals surface area contributed by atoms with E-state index in [0.29, 0.717) is 12.1 Å². The highest BCUT2D eigenvalue weighted by Gasteiger charge is 2.17. The van der Waals surface area contributed by atoms with E-state index in [0.717, 1.165) is 24.8 Å². The van der Waals surface area contributed by atoms with Crippen LogP contribution in [0.4, 0.5) is 8.78 Å². The molecule has 0 saturated carbocycles. The van der Waals surface area contributed by atoms with Gasteiger partial charge in [0.25, 0.3) is 0 Å². The molecular formula is C22H27F2NO2. The minimum atomic E-state index is -0.930. The molecule has 0 saturated heterocycles. The molecule has 0 aliphatic carbocycles. The second-order valence-corrected chi connectivity index (χ2v) is 6.93. The van der Waals surface area contributed by atoms with Gasteiger partial charge in [0.2, 0.25) is 0 Å². The van der Waals surface area contributed by atoms with Crippen LogP contribution in [0.5, 0.6) is 0 Å². The molecule has 0 radical (unpaired) electrons. The summed E-state index contributed by atoms with van der Waals surface area (Å²) in [6.45, 7) is 4.44. The van der Waals surface area contributed by atoms with Crippen molar-refractivity contribution < 1.29 is 18.7 Å². The van der Waals surface area contributed by atoms with Gasteiger partial charge in [-0.2, -0.15) is 0 Å². The molecule has 1 N–H and O–H groups in total. The number of carboxylic acid groups (broad SMARTS) is 1. The van der Waals surface area contributed by atoms with Crippen LogP contribution in [0.15, 0.2) is 36.4 Å². The number of aryl methyl sites for hydroxylation is 2. The average Bonchev–Trinajstić information content (AvgIpc) is 2.65. The summed E-state index contributed by atoms with van der Waals surface area (Å²) in [6.07, 6.45) is 3.22. The first-order valence-corrected chi connectivity index (χ1v) is 9.36. The van der Waals surface area contributed by atoms with Gasteiger partial charge in [-0.1, -0.05) is 43.7 Å². The number of halogens is 2. The third kappa shape index (κ3) is 6.43. The van der Waals surface area contributed by atoms with Crippen LogP contribution >= 0.6 is 0 Å². The Morgan fingerprint density at radius 1 is 1.04 bits per heavy atom. The number of nitrogens with zero attached hydrogens (tertiary/aromatic N) is 1. The number of rotatable bonds is 10. The molecule has 0 aliphatic heterocycles. The molecule has 146 valence electrons. The van der Waals surface area contributed by atoms with Crippen molar-refractivity contribution in [2.45, 2.75) is 52.6 Å². The Morgan fingerprint density at radius 2 is 1.70 bits per heavy atom. The highest BCUT2D eigenvalue weighted by atomic mass is 19.1. The minimum Gasteiger partial charge on any atom is -0.481 e. The van der Waals surface area contributed by atoms with Gasteiger partial charge in [0.15, 0.2) is 0 Å². The Bertz CT molecular complexity index is 760. The van der Waals surface area contributed by atoms with E-state index in [1.54, 1.807) is 11.8 Å². The fraction of sp³-hybridized carbons (Fsp3) is 0.409. The SMILES string of the molecule is CCCCc1ccc(CN(CCC(=O)O)Cc2c(F)ccc(C)c2F)cc1. The summed E-state index contributed by atoms with van der Waals surface area (Å²) < 4.78 is 28.5. The molecular weight excluding hydrogens is 348 g/mol. The molecule has 2 rings (SSSR count). The van der Waals surface area contributed by atoms with E-state index in [1.807, 2.05) is 12.1 Å². The number of carboxylic acids is 1. The Labute approximate surface area is 159 Å². The van der Waals surface area contributed by atoms with Crippen molar-refractivity contribution in [1.82, 2.24) is 4.90 Å². The van der Waals surface area contributed by atoms with Gasteiger partial charge < -0.3 is 5.11 Å². The van der Waals surface area contributed by atoms with Crippen molar-refractivity contribution >= 4 is 5.97 Å². The molecule has 0 fully saturated rings. The van der Waals surface area contributed by atoms with Gasteiger partial charge in [-0.25, -0.2) is 8.78 Å². The lowest BCUT2D eigenvalue weighted by molar-refractivity contribution is -0.137. The standard InChI is InChI=1S/C22H27F2NO2/c1-3-4-5-17-7-9-18(10-8-17)14-25(13-12-21(26)27)15-19-20(23)11-6-16(2)22(19)24/h6-11H,3-5,12-15H2,1-2H3,(H,26,27). The van der Waals surface area contributed by atoms with Crippen LogP contribution in [0.3, 0.4) is 0 Å². The summed E-state index contributed by atoms with van der Waals surface area (Å²) in [5.41, 5.74) is 2.62. The summed E-state index contributed by atoms with van der Waals surface area (Å²) in [6, 6.07) is 10.8. The Kier molecular flexibility index (Phi) is 7.92. The molecule has 0 atom stereocenters. The molecule has 0 heterocycles. The fourth-order valence-corrected chi connectivity index (χ4v) is 3.00. The Balaban J connectivity index is 2.14. The molecule has 0 spiro atoms. The van der Waals surface area contributed by atoms with Gasteiger partial charge in [-0.05, 0) is 42.5 Å². The Morgan fingerprint density at radius 3 is 2.33 bits per heavy atom. The monoisotopic (exact) mass is 375 g/mol. The minimum absolute atomic E-state index is 0.0139. The van der Waals surface area contributed by atoms with E-state index >= 15 is 0 Å². The molecule has 27 heavy (non-hydrogen) atoms. The van der Waals surface area contributed by atoms with Crippen LogP contribution in [-0.2, 0) is 24.3 Å². The van der Waals surface area contributed by atoms with Gasteiger partial charge in [0.05, 0.1) is 6.42 Å². The highest BCUT2D eigenvalue weighted by molar-refractivity contribution is 5.66. The molecule has 3 nitrogen and oxygen atoms in total. The van der Waals surface area contributed by atoms with Crippen molar-refractivity contribution in [3.8, 4) is 0 Å². The lowest BCUT2D eigenvalue weighted by Crippen LogP contribution is -2.27. The maximum absolute atomic E-state index is 14.3. The number of carbonyl (C=O) groups is 1. The number of hydrogen-bond acceptors (Lipinski definition) is 2. The van der Waals surface area contributed by atoms with Gasteiger partial charge in [-0.3, -0.25) is 9.69 Å². The first-order chi connectivity index (χ1) is 12.9. The predicted octanol–water partition coefficient (Wildman–Crippen LogP) is 5.09. The summed E-state index contributed by atoms with van der Waals surface area (Å²) in [5.74, 6) is -2.10. The lowest BCUT2D eigenvalue weighted by Gasteiger charge is -2.23. The predicted molar refractivity (Wildman–Crippen MR) is 103 cm³/mol. The molecule has 5 heteroatoms. The van der Waals surface area contributed by atoms with Gasteiger partial charge in [0.1, 0.15) is 11.6 Å². The van der Waals surface area contributed by atoms with Crippen LogP contribution in [0.1, 0.15) is 48.4 Å². The van der Waals surface area contributed by atoms with Gasteiger partial charge in [0, 0.05) is 25.2 Å². The fourth-order valence-electron chi connectivity index (χ4n) is 3.00. The van der Waals surface area contributed by atoms with E-state index in [4.69, 9.17) is 5.11 Å². The van der Waals surface area contributed by atoms with E-state index in [2.05, 4.69) is 19.1 Å². The van der Waals surface area contributed by atoms with Crippen molar-refractivity contribution in [1.29, 1.82) is 0 Å². The molecule has 0 bridgehead atoms. The van der Waals surface area contributed by atoms with Crippen LogP contribution in [0.2, 0.25) is 0 Å². The maximum atomic E-state index is 14.3. The number of unbranched alkanes of at least 4 members (excludes halogenated alkanes) is 1. The number of benzene rings is 2. The number of hydrogen-bond donors (Lipinski definition) is 1. The smallest absolute Gasteiger partial charge is 0.304 e. The third-order valence-corrected chi connectivity index (χ3v) is 4.65. The quantitative estimate of drug-likeness (QED) is 0.629. The zero-order chi connectivity index (χ0) is 19.8. The molecule has 0 aromatic heterocycles. The third-order valence-electron chi connectivity index (χ3n) is 4.65. The second-order valence-electron chi connectivity index (χ2n) is 6.93. The van der Waals surface area contributed by atoms with E-state index in [-0.39, 0.29) is 25.1 Å². The molecule has 2 aromatic rings. The first kappa shape index (κ1) is 21.0. The second kappa shape index (κ2) is 10.2. The summed E-state index contributed by atoms with van der Waals surface area (Å²) in [5, 5.41) is 8.99. The topological polar surface area (TPSA) is 40.5 Å². The summed E-state index contributed by atoms with van der Waals surface area (Å²) in [4.78, 5) is 12.7. The largest absolute Gasteiger partial charge is 0.481 e. The summed E-state index contributed by atoms with van der Waals surface area (Å²) in [7, 11) is 0. The zero-order valence-electron chi connectivity index (χ0n) is 16.0. The van der Waals surface area contributed by atoms with E-state index < -0.39 is 17.6 Å². The van der Waals surface area contributed by atoms with Crippen LogP contribution in [0.25, 0.3) is 0 Å². The maximum Gasteiger partial charge on any atom is 0.304 e. The van der Waals surface area contributed by atoms with Crippen LogP contribution in [0, 0.1) is 18.6 Å². The van der Waals surface area contributed by atoms with Crippen LogP contribution < -0.4 is 0 Å². The average molecular weight is 375 g/mol. The zero-order valence-corrected chi connectivity index (χ0v) is 16.0. The molecule has 0 unspecified atom stereocenters.